The molecule has 3 rings (SSSR count). The first kappa shape index (κ1) is 15.1. The molecule has 2 aromatic rings. The Hall–Kier alpha value is -1.85. The van der Waals surface area contributed by atoms with Crippen LogP contribution in [-0.2, 0) is 0 Å². The van der Waals surface area contributed by atoms with Crippen LogP contribution >= 0.6 is 11.3 Å². The lowest BCUT2D eigenvalue weighted by Crippen LogP contribution is -2.35. The average Bonchev–Trinajstić information content (AvgIpc) is 3.28. The van der Waals surface area contributed by atoms with Crippen LogP contribution in [0, 0.1) is 0 Å². The highest BCUT2D eigenvalue weighted by molar-refractivity contribution is 7.12. The van der Waals surface area contributed by atoms with Crippen LogP contribution in [0.25, 0.3) is 0 Å². The van der Waals surface area contributed by atoms with E-state index >= 15 is 0 Å². The van der Waals surface area contributed by atoms with Crippen molar-refractivity contribution in [1.82, 2.24) is 5.32 Å². The Kier molecular flexibility index (Phi) is 4.75. The van der Waals surface area contributed by atoms with E-state index in [9.17, 15) is 9.90 Å². The molecule has 116 valence electrons. The highest BCUT2D eigenvalue weighted by atomic mass is 32.1. The predicted molar refractivity (Wildman–Crippen MR) is 86.6 cm³/mol. The monoisotopic (exact) mass is 317 g/mol. The van der Waals surface area contributed by atoms with Gasteiger partial charge >= 0.3 is 0 Å². The fourth-order valence-electron chi connectivity index (χ4n) is 2.28. The van der Waals surface area contributed by atoms with Crippen molar-refractivity contribution in [3.63, 3.8) is 0 Å². The lowest BCUT2D eigenvalue weighted by molar-refractivity contribution is 0.0846. The molecular weight excluding hydrogens is 298 g/mol. The number of hydrogen-bond donors (Lipinski definition) is 2. The smallest absolute Gasteiger partial charge is 0.261 e. The number of thiophene rings is 1. The van der Waals surface area contributed by atoms with E-state index in [0.717, 1.165) is 10.4 Å². The van der Waals surface area contributed by atoms with Gasteiger partial charge < -0.3 is 15.2 Å². The second-order valence-electron chi connectivity index (χ2n) is 5.47. The molecule has 1 fully saturated rings. The Labute approximate surface area is 133 Å². The van der Waals surface area contributed by atoms with E-state index in [4.69, 9.17) is 4.74 Å². The second kappa shape index (κ2) is 6.94. The number of benzene rings is 1. The summed E-state index contributed by atoms with van der Waals surface area (Å²) in [5, 5.41) is 14.7. The van der Waals surface area contributed by atoms with Crippen LogP contribution in [0.15, 0.2) is 41.8 Å². The molecule has 5 heteroatoms. The van der Waals surface area contributed by atoms with Gasteiger partial charge in [-0.15, -0.1) is 11.3 Å². The molecule has 22 heavy (non-hydrogen) atoms. The SMILES string of the molecule is O=C(NC[C@@H](O)COc1ccccc1)c1sccc1C1CC1. The van der Waals surface area contributed by atoms with Gasteiger partial charge in [0.1, 0.15) is 18.5 Å². The number of nitrogens with one attached hydrogen (secondary N) is 1. The van der Waals surface area contributed by atoms with Crippen LogP contribution in [0.4, 0.5) is 0 Å². The van der Waals surface area contributed by atoms with Crippen LogP contribution in [-0.4, -0.2) is 30.3 Å². The van der Waals surface area contributed by atoms with E-state index in [1.807, 2.05) is 41.8 Å². The minimum absolute atomic E-state index is 0.101. The van der Waals surface area contributed by atoms with Gasteiger partial charge in [0.05, 0.1) is 4.88 Å². The molecule has 1 aromatic heterocycles. The Balaban J connectivity index is 1.45. The summed E-state index contributed by atoms with van der Waals surface area (Å²) < 4.78 is 5.46. The molecule has 1 aliphatic rings. The molecule has 0 bridgehead atoms. The van der Waals surface area contributed by atoms with Crippen LogP contribution in [0.3, 0.4) is 0 Å². The van der Waals surface area contributed by atoms with E-state index in [-0.39, 0.29) is 19.1 Å². The van der Waals surface area contributed by atoms with Gasteiger partial charge in [-0.2, -0.15) is 0 Å². The van der Waals surface area contributed by atoms with Crippen molar-refractivity contribution >= 4 is 17.2 Å². The maximum atomic E-state index is 12.2. The fraction of sp³-hybridized carbons (Fsp3) is 0.353. The van der Waals surface area contributed by atoms with Crippen molar-refractivity contribution < 1.29 is 14.6 Å². The summed E-state index contributed by atoms with van der Waals surface area (Å²) in [7, 11) is 0. The molecule has 1 heterocycles. The summed E-state index contributed by atoms with van der Waals surface area (Å²) >= 11 is 1.46. The first-order valence-corrected chi connectivity index (χ1v) is 8.33. The van der Waals surface area contributed by atoms with Crippen LogP contribution in [0.1, 0.15) is 34.0 Å². The summed E-state index contributed by atoms with van der Waals surface area (Å²) in [5.74, 6) is 1.16. The number of hydrogen-bond acceptors (Lipinski definition) is 4. The zero-order valence-corrected chi connectivity index (χ0v) is 13.0. The van der Waals surface area contributed by atoms with Crippen LogP contribution in [0.5, 0.6) is 5.75 Å². The van der Waals surface area contributed by atoms with Gasteiger partial charge in [0, 0.05) is 6.54 Å². The van der Waals surface area contributed by atoms with Crippen LogP contribution in [0.2, 0.25) is 0 Å². The van der Waals surface area contributed by atoms with Gasteiger partial charge in [-0.3, -0.25) is 4.79 Å². The molecule has 1 aromatic carbocycles. The summed E-state index contributed by atoms with van der Waals surface area (Å²) in [6, 6.07) is 11.4. The zero-order valence-electron chi connectivity index (χ0n) is 12.2. The maximum Gasteiger partial charge on any atom is 0.261 e. The number of ether oxygens (including phenoxy) is 1. The van der Waals surface area contributed by atoms with Gasteiger partial charge in [0.2, 0.25) is 0 Å². The first-order chi connectivity index (χ1) is 10.7. The zero-order chi connectivity index (χ0) is 15.4. The van der Waals surface area contributed by atoms with Gasteiger partial charge in [-0.05, 0) is 47.9 Å². The lowest BCUT2D eigenvalue weighted by atomic mass is 10.1. The van der Waals surface area contributed by atoms with E-state index < -0.39 is 6.10 Å². The van der Waals surface area contributed by atoms with Crippen molar-refractivity contribution in [3.05, 3.63) is 52.2 Å². The molecule has 0 aliphatic heterocycles. The van der Waals surface area contributed by atoms with E-state index in [1.54, 1.807) is 0 Å². The van der Waals surface area contributed by atoms with Gasteiger partial charge in [0.25, 0.3) is 5.91 Å². The average molecular weight is 317 g/mol. The van der Waals surface area contributed by atoms with E-state index in [2.05, 4.69) is 5.32 Å². The highest BCUT2D eigenvalue weighted by Gasteiger charge is 2.28. The Morgan fingerprint density at radius 3 is 2.82 bits per heavy atom. The Morgan fingerprint density at radius 2 is 2.09 bits per heavy atom. The van der Waals surface area contributed by atoms with Crippen molar-refractivity contribution in [3.8, 4) is 5.75 Å². The van der Waals surface area contributed by atoms with Gasteiger partial charge in [0.15, 0.2) is 0 Å². The molecule has 1 amide bonds. The molecule has 2 N–H and O–H groups in total. The van der Waals surface area contributed by atoms with Gasteiger partial charge in [-0.1, -0.05) is 18.2 Å². The quantitative estimate of drug-likeness (QED) is 0.825. The van der Waals surface area contributed by atoms with Crippen molar-refractivity contribution in [2.75, 3.05) is 13.2 Å². The number of carbonyl (C=O) groups excluding carboxylic acids is 1. The molecule has 1 atom stereocenters. The molecule has 0 unspecified atom stereocenters. The van der Waals surface area contributed by atoms with E-state index in [1.165, 1.54) is 24.2 Å². The number of carbonyl (C=O) groups is 1. The molecule has 0 radical (unpaired) electrons. The molecule has 0 saturated heterocycles. The molecule has 1 saturated carbocycles. The topological polar surface area (TPSA) is 58.6 Å². The standard InChI is InChI=1S/C17H19NO3S/c19-13(11-21-14-4-2-1-3-5-14)10-18-17(20)16-15(8-9-22-16)12-6-7-12/h1-5,8-9,12-13,19H,6-7,10-11H2,(H,18,20)/t13-/m1/s1. The van der Waals surface area contributed by atoms with Crippen molar-refractivity contribution in [2.24, 2.45) is 0 Å². The van der Waals surface area contributed by atoms with Crippen molar-refractivity contribution in [1.29, 1.82) is 0 Å². The Bertz CT molecular complexity index is 622. The number of aliphatic hydroxyl groups is 1. The lowest BCUT2D eigenvalue weighted by Gasteiger charge is -2.13. The van der Waals surface area contributed by atoms with Crippen molar-refractivity contribution in [2.45, 2.75) is 24.9 Å². The molecule has 1 aliphatic carbocycles. The fourth-order valence-corrected chi connectivity index (χ4v) is 3.18. The number of para-hydroxylation sites is 1. The summed E-state index contributed by atoms with van der Waals surface area (Å²) in [4.78, 5) is 13.0. The Morgan fingerprint density at radius 1 is 1.32 bits per heavy atom. The summed E-state index contributed by atoms with van der Waals surface area (Å²) in [5.41, 5.74) is 1.15. The predicted octanol–water partition coefficient (Wildman–Crippen LogP) is 2.80. The molecule has 0 spiro atoms. The summed E-state index contributed by atoms with van der Waals surface area (Å²) in [6.07, 6.45) is 1.61. The third-order valence-electron chi connectivity index (χ3n) is 3.60. The largest absolute Gasteiger partial charge is 0.491 e. The second-order valence-corrected chi connectivity index (χ2v) is 6.38. The first-order valence-electron chi connectivity index (χ1n) is 7.45. The van der Waals surface area contributed by atoms with E-state index in [0.29, 0.717) is 11.7 Å². The number of aliphatic hydroxyl groups excluding tert-OH is 1. The van der Waals surface area contributed by atoms with Crippen LogP contribution < -0.4 is 10.1 Å². The van der Waals surface area contributed by atoms with Gasteiger partial charge in [-0.25, -0.2) is 0 Å². The third-order valence-corrected chi connectivity index (χ3v) is 4.53. The molecular formula is C17H19NO3S. The molecule has 4 nitrogen and oxygen atoms in total. The maximum absolute atomic E-state index is 12.2. The normalized spacial score (nSPS) is 15.3. The minimum Gasteiger partial charge on any atom is -0.491 e. The number of amides is 1. The summed E-state index contributed by atoms with van der Waals surface area (Å²) in [6.45, 7) is 0.345. The number of rotatable bonds is 7. The minimum atomic E-state index is -0.728. The third kappa shape index (κ3) is 3.87. The highest BCUT2D eigenvalue weighted by Crippen LogP contribution is 2.43.